The number of methoxy groups -OCH3 is 1. The molecule has 1 aromatic rings. The number of benzene rings is 1. The summed E-state index contributed by atoms with van der Waals surface area (Å²) < 4.78 is 12.8. The van der Waals surface area contributed by atoms with Crippen LogP contribution in [0.4, 0.5) is 0 Å². The van der Waals surface area contributed by atoms with Crippen LogP contribution in [0.15, 0.2) is 12.1 Å². The first-order valence-electron chi connectivity index (χ1n) is 12.7. The van der Waals surface area contributed by atoms with Crippen molar-refractivity contribution in [2.45, 2.75) is 94.0 Å². The molecule has 1 saturated heterocycles. The van der Waals surface area contributed by atoms with Crippen LogP contribution in [0, 0.1) is 17.3 Å². The molecule has 1 aromatic carbocycles. The molecular weight excluding hydrogens is 402 g/mol. The van der Waals surface area contributed by atoms with Crippen molar-refractivity contribution in [3.63, 3.8) is 0 Å². The van der Waals surface area contributed by atoms with E-state index in [4.69, 9.17) is 9.47 Å². The number of fused-ring (bicyclic) bond motifs is 2. The van der Waals surface area contributed by atoms with Gasteiger partial charge < -0.3 is 19.7 Å². The lowest BCUT2D eigenvalue weighted by Crippen LogP contribution is -2.86. The van der Waals surface area contributed by atoms with Crippen LogP contribution >= 0.6 is 0 Å². The molecule has 174 valence electrons. The minimum Gasteiger partial charge on any atom is -0.493 e. The Balaban J connectivity index is 1.52. The van der Waals surface area contributed by atoms with Crippen LogP contribution in [0.3, 0.4) is 0 Å². The van der Waals surface area contributed by atoms with Gasteiger partial charge in [0.2, 0.25) is 0 Å². The maximum Gasteiger partial charge on any atom is 0.166 e. The third-order valence-electron chi connectivity index (χ3n) is 11.1. The zero-order valence-corrected chi connectivity index (χ0v) is 19.9. The van der Waals surface area contributed by atoms with Gasteiger partial charge in [-0.2, -0.15) is 0 Å². The summed E-state index contributed by atoms with van der Waals surface area (Å²) >= 11 is 0. The second-order valence-corrected chi connectivity index (χ2v) is 12.6. The molecule has 2 heterocycles. The van der Waals surface area contributed by atoms with E-state index in [1.165, 1.54) is 30.5 Å². The van der Waals surface area contributed by atoms with E-state index in [0.717, 1.165) is 49.6 Å². The third-order valence-corrected chi connectivity index (χ3v) is 11.1. The van der Waals surface area contributed by atoms with Gasteiger partial charge in [-0.05, 0) is 89.8 Å². The Labute approximate surface area is 191 Å². The van der Waals surface area contributed by atoms with Gasteiger partial charge in [0.25, 0.3) is 0 Å². The van der Waals surface area contributed by atoms with Crippen LogP contribution in [0.5, 0.6) is 11.5 Å². The summed E-state index contributed by atoms with van der Waals surface area (Å²) in [4.78, 5) is 2.80. The van der Waals surface area contributed by atoms with Gasteiger partial charge in [0.1, 0.15) is 11.2 Å². The summed E-state index contributed by atoms with van der Waals surface area (Å²) in [6.45, 7) is 8.22. The van der Waals surface area contributed by atoms with E-state index in [9.17, 15) is 10.2 Å². The molecule has 2 spiro atoms. The van der Waals surface area contributed by atoms with E-state index in [1.54, 1.807) is 7.11 Å². The highest BCUT2D eigenvalue weighted by Gasteiger charge is 2.85. The van der Waals surface area contributed by atoms with Gasteiger partial charge in [-0.3, -0.25) is 4.90 Å². The lowest BCUT2D eigenvalue weighted by atomic mass is 9.30. The fourth-order valence-electron chi connectivity index (χ4n) is 9.63. The smallest absolute Gasteiger partial charge is 0.166 e. The highest BCUT2D eigenvalue weighted by molar-refractivity contribution is 5.65. The standard InChI is InChI=1S/C27H37NO4/c1-23(2,29)19-14-25-9-10-27(19,30)24(3)26(25)11-12-28(15-16-5-6-16)20(25)13-17-7-8-18(31-4)22(32-24)21(17)26/h7-8,16,19-20,29-30H,5-6,9-15H2,1-4H3/t19-,20-,24+,25-,26+,27-/m1/s1. The Morgan fingerprint density at radius 2 is 2.00 bits per heavy atom. The molecule has 5 nitrogen and oxygen atoms in total. The Hall–Kier alpha value is -1.30. The molecule has 6 atom stereocenters. The molecule has 4 saturated carbocycles. The summed E-state index contributed by atoms with van der Waals surface area (Å²) in [5.41, 5.74) is -0.312. The van der Waals surface area contributed by atoms with Crippen LogP contribution in [-0.4, -0.2) is 58.2 Å². The summed E-state index contributed by atoms with van der Waals surface area (Å²) in [5, 5.41) is 23.8. The van der Waals surface area contributed by atoms with Gasteiger partial charge in [0.05, 0.1) is 18.1 Å². The van der Waals surface area contributed by atoms with Crippen molar-refractivity contribution < 1.29 is 19.7 Å². The van der Waals surface area contributed by atoms with Crippen LogP contribution in [0.1, 0.15) is 70.4 Å². The van der Waals surface area contributed by atoms with Crippen molar-refractivity contribution in [1.29, 1.82) is 0 Å². The van der Waals surface area contributed by atoms with Crippen molar-refractivity contribution in [3.8, 4) is 11.5 Å². The molecular formula is C27H37NO4. The van der Waals surface area contributed by atoms with E-state index in [2.05, 4.69) is 24.0 Å². The van der Waals surface area contributed by atoms with Crippen molar-refractivity contribution in [1.82, 2.24) is 4.90 Å². The number of ether oxygens (including phenoxy) is 2. The lowest BCUT2D eigenvalue weighted by Gasteiger charge is -2.77. The molecule has 2 N–H and O–H groups in total. The van der Waals surface area contributed by atoms with Crippen molar-refractivity contribution in [2.75, 3.05) is 20.2 Å². The van der Waals surface area contributed by atoms with Crippen molar-refractivity contribution in [2.24, 2.45) is 17.3 Å². The quantitative estimate of drug-likeness (QED) is 0.753. The minimum atomic E-state index is -1.07. The molecule has 5 aliphatic carbocycles. The maximum absolute atomic E-state index is 12.5. The number of aliphatic hydroxyl groups is 2. The molecule has 0 radical (unpaired) electrons. The van der Waals surface area contributed by atoms with E-state index < -0.39 is 16.8 Å². The van der Waals surface area contributed by atoms with E-state index in [1.807, 2.05) is 13.8 Å². The van der Waals surface area contributed by atoms with Gasteiger partial charge in [0.15, 0.2) is 11.5 Å². The Bertz CT molecular complexity index is 1010. The SMILES string of the molecule is COc1ccc2c3c1O[C@@]1(C)[C@]34CCN(CC3CC3)[C@H](C2)[C@]42CC[C@@]1(O)[C@@H](C(C)(C)O)C2. The Morgan fingerprint density at radius 3 is 2.69 bits per heavy atom. The second-order valence-electron chi connectivity index (χ2n) is 12.6. The normalized spacial score (nSPS) is 46.1. The average molecular weight is 440 g/mol. The molecule has 4 bridgehead atoms. The topological polar surface area (TPSA) is 62.2 Å². The summed E-state index contributed by atoms with van der Waals surface area (Å²) in [7, 11) is 1.71. The van der Waals surface area contributed by atoms with Gasteiger partial charge >= 0.3 is 0 Å². The first-order chi connectivity index (χ1) is 15.1. The van der Waals surface area contributed by atoms with Gasteiger partial charge in [-0.25, -0.2) is 0 Å². The highest BCUT2D eigenvalue weighted by atomic mass is 16.5. The van der Waals surface area contributed by atoms with E-state index >= 15 is 0 Å². The van der Waals surface area contributed by atoms with E-state index in [-0.39, 0.29) is 16.7 Å². The van der Waals surface area contributed by atoms with Crippen molar-refractivity contribution in [3.05, 3.63) is 23.3 Å². The third kappa shape index (κ3) is 1.93. The predicted octanol–water partition coefficient (Wildman–Crippen LogP) is 3.43. The summed E-state index contributed by atoms with van der Waals surface area (Å²) in [6, 6.07) is 4.76. The van der Waals surface area contributed by atoms with Gasteiger partial charge in [-0.15, -0.1) is 0 Å². The van der Waals surface area contributed by atoms with Crippen LogP contribution in [0.2, 0.25) is 0 Å². The predicted molar refractivity (Wildman–Crippen MR) is 121 cm³/mol. The number of piperidine rings is 1. The fraction of sp³-hybridized carbons (Fsp3) is 0.778. The number of rotatable bonds is 4. The number of nitrogens with zero attached hydrogens (tertiary/aromatic N) is 1. The molecule has 2 aliphatic heterocycles. The summed E-state index contributed by atoms with van der Waals surface area (Å²) in [6.07, 6.45) is 7.36. The monoisotopic (exact) mass is 439 g/mol. The molecule has 0 unspecified atom stereocenters. The zero-order chi connectivity index (χ0) is 22.3. The maximum atomic E-state index is 12.5. The number of hydrogen-bond donors (Lipinski definition) is 2. The molecule has 5 heteroatoms. The summed E-state index contributed by atoms with van der Waals surface area (Å²) in [5.74, 6) is 2.29. The second kappa shape index (κ2) is 5.67. The first kappa shape index (κ1) is 20.1. The minimum absolute atomic E-state index is 0.00858. The van der Waals surface area contributed by atoms with Crippen LogP contribution in [-0.2, 0) is 11.8 Å². The number of likely N-dealkylation sites (tertiary alicyclic amines) is 1. The highest BCUT2D eigenvalue weighted by Crippen LogP contribution is 2.80. The van der Waals surface area contributed by atoms with Crippen LogP contribution in [0.25, 0.3) is 0 Å². The average Bonchev–Trinajstić information content (AvgIpc) is 3.50. The molecule has 0 amide bonds. The molecule has 8 rings (SSSR count). The molecule has 5 fully saturated rings. The molecule has 7 aliphatic rings. The lowest BCUT2D eigenvalue weighted by molar-refractivity contribution is -0.328. The van der Waals surface area contributed by atoms with Gasteiger partial charge in [-0.1, -0.05) is 6.07 Å². The largest absolute Gasteiger partial charge is 0.493 e. The van der Waals surface area contributed by atoms with E-state index in [0.29, 0.717) is 12.5 Å². The van der Waals surface area contributed by atoms with Crippen LogP contribution < -0.4 is 9.47 Å². The zero-order valence-electron chi connectivity index (χ0n) is 19.9. The van der Waals surface area contributed by atoms with Gasteiger partial charge in [0, 0.05) is 29.5 Å². The molecule has 32 heavy (non-hydrogen) atoms. The number of hydrogen-bond acceptors (Lipinski definition) is 5. The Morgan fingerprint density at radius 1 is 1.22 bits per heavy atom. The van der Waals surface area contributed by atoms with Crippen molar-refractivity contribution >= 4 is 0 Å². The first-order valence-corrected chi connectivity index (χ1v) is 12.7. The molecule has 0 aromatic heterocycles. The fourth-order valence-corrected chi connectivity index (χ4v) is 9.63. The Kier molecular flexibility index (Phi) is 3.56.